The van der Waals surface area contributed by atoms with Gasteiger partial charge in [0.05, 0.1) is 11.0 Å². The van der Waals surface area contributed by atoms with Crippen LogP contribution in [0, 0.1) is 0 Å². The Morgan fingerprint density at radius 1 is 0.778 bits per heavy atom. The molecule has 218 valence electrons. The lowest BCUT2D eigenvalue weighted by Crippen LogP contribution is -2.03. The Hall–Kier alpha value is -6.01. The predicted octanol–water partition coefficient (Wildman–Crippen LogP) is 9.15. The highest BCUT2D eigenvalue weighted by atomic mass is 15.0. The maximum absolute atomic E-state index is 4.77. The zero-order valence-electron chi connectivity index (χ0n) is 25.1. The van der Waals surface area contributed by atoms with Crippen LogP contribution in [0.1, 0.15) is 18.3 Å². The van der Waals surface area contributed by atoms with Gasteiger partial charge in [-0.3, -0.25) is 9.98 Å². The Kier molecular flexibility index (Phi) is 8.74. The van der Waals surface area contributed by atoms with Gasteiger partial charge in [-0.1, -0.05) is 97.6 Å². The maximum atomic E-state index is 4.77. The number of para-hydroxylation sites is 2. The van der Waals surface area contributed by atoms with Crippen LogP contribution in [0.25, 0.3) is 56.0 Å². The second-order valence-electron chi connectivity index (χ2n) is 10.4. The van der Waals surface area contributed by atoms with Gasteiger partial charge >= 0.3 is 0 Å². The Labute approximate surface area is 262 Å². The average Bonchev–Trinajstić information content (AvgIpc) is 3.43. The standard InChI is InChI=1S/C39H32N6/c1-4-29(21-20-28(2)45-35-17-9-7-14-32(35)33-15-8-10-18-36(33)45)30-22-24-31(25-23-30)38-42-37(19-6-5-12-26-40-3)43-39(44-38)34-16-11-13-27-41-34/h4-18,20-27H,1,3,19H2,2H3/b6-5-,26-12-,28-20+,29-21+. The largest absolute Gasteiger partial charge is 0.313 e. The SMILES string of the molecule is C=C/C(=C\C=C(/C)n1c2ccccc2c2ccccc21)c1ccc(-c2nc(C/C=C\C=C/N=C)nc(-c3ccccn3)n2)cc1. The van der Waals surface area contributed by atoms with Crippen LogP contribution in [-0.4, -0.2) is 31.2 Å². The molecule has 3 heterocycles. The first-order valence-electron chi connectivity index (χ1n) is 14.7. The summed E-state index contributed by atoms with van der Waals surface area (Å²) in [6, 6.07) is 31.0. The molecule has 0 saturated heterocycles. The Balaban J connectivity index is 1.32. The number of fused-ring (bicyclic) bond motifs is 3. The van der Waals surface area contributed by atoms with Crippen molar-refractivity contribution in [2.24, 2.45) is 4.99 Å². The molecule has 6 aromatic rings. The van der Waals surface area contributed by atoms with Gasteiger partial charge in [0.2, 0.25) is 0 Å². The Morgan fingerprint density at radius 2 is 1.47 bits per heavy atom. The maximum Gasteiger partial charge on any atom is 0.182 e. The molecule has 0 bridgehead atoms. The van der Waals surface area contributed by atoms with Crippen LogP contribution >= 0.6 is 0 Å². The molecule has 0 unspecified atom stereocenters. The second kappa shape index (κ2) is 13.5. The third kappa shape index (κ3) is 6.36. The number of aliphatic imine (C=N–C) groups is 1. The summed E-state index contributed by atoms with van der Waals surface area (Å²) in [5.74, 6) is 1.78. The van der Waals surface area contributed by atoms with Crippen molar-refractivity contribution in [3.8, 4) is 22.9 Å². The molecule has 0 aliphatic heterocycles. The third-order valence-corrected chi connectivity index (χ3v) is 7.45. The summed E-state index contributed by atoms with van der Waals surface area (Å²) in [5.41, 5.74) is 7.14. The monoisotopic (exact) mass is 584 g/mol. The molecule has 3 aromatic carbocycles. The predicted molar refractivity (Wildman–Crippen MR) is 188 cm³/mol. The summed E-state index contributed by atoms with van der Waals surface area (Å²) < 4.78 is 2.31. The number of hydrogen-bond acceptors (Lipinski definition) is 5. The molecule has 0 amide bonds. The van der Waals surface area contributed by atoms with Gasteiger partial charge in [-0.05, 0) is 61.2 Å². The first-order valence-corrected chi connectivity index (χ1v) is 14.7. The number of aromatic nitrogens is 5. The number of rotatable bonds is 10. The Morgan fingerprint density at radius 3 is 2.13 bits per heavy atom. The quantitative estimate of drug-likeness (QED) is 0.119. The van der Waals surface area contributed by atoms with Crippen LogP contribution < -0.4 is 0 Å². The molecule has 0 atom stereocenters. The average molecular weight is 585 g/mol. The van der Waals surface area contributed by atoms with E-state index in [4.69, 9.17) is 9.97 Å². The number of allylic oxidation sites excluding steroid dienone is 8. The summed E-state index contributed by atoms with van der Waals surface area (Å²) in [7, 11) is 0. The van der Waals surface area contributed by atoms with E-state index in [1.807, 2.05) is 54.6 Å². The van der Waals surface area contributed by atoms with Crippen molar-refractivity contribution in [3.05, 3.63) is 158 Å². The Bertz CT molecular complexity index is 2060. The third-order valence-electron chi connectivity index (χ3n) is 7.45. The highest BCUT2D eigenvalue weighted by Gasteiger charge is 2.12. The summed E-state index contributed by atoms with van der Waals surface area (Å²) >= 11 is 0. The molecule has 0 aliphatic rings. The van der Waals surface area contributed by atoms with Gasteiger partial charge in [-0.15, -0.1) is 0 Å². The van der Waals surface area contributed by atoms with E-state index in [-0.39, 0.29) is 0 Å². The summed E-state index contributed by atoms with van der Waals surface area (Å²) in [5, 5.41) is 2.49. The molecule has 45 heavy (non-hydrogen) atoms. The van der Waals surface area contributed by atoms with Crippen LogP contribution in [0.3, 0.4) is 0 Å². The van der Waals surface area contributed by atoms with E-state index in [9.17, 15) is 0 Å². The topological polar surface area (TPSA) is 68.8 Å². The van der Waals surface area contributed by atoms with Crippen LogP contribution in [0.15, 0.2) is 151 Å². The van der Waals surface area contributed by atoms with Gasteiger partial charge in [0.1, 0.15) is 11.5 Å². The van der Waals surface area contributed by atoms with Crippen molar-refractivity contribution in [2.75, 3.05) is 0 Å². The van der Waals surface area contributed by atoms with Crippen molar-refractivity contribution in [1.29, 1.82) is 0 Å². The van der Waals surface area contributed by atoms with Crippen LogP contribution in [0.5, 0.6) is 0 Å². The van der Waals surface area contributed by atoms with Gasteiger partial charge in [0, 0.05) is 40.9 Å². The van der Waals surface area contributed by atoms with Crippen molar-refractivity contribution in [1.82, 2.24) is 24.5 Å². The molecule has 6 nitrogen and oxygen atoms in total. The number of benzene rings is 3. The number of hydrogen-bond donors (Lipinski definition) is 0. The molecule has 6 rings (SSSR count). The fraction of sp³-hybridized carbons (Fsp3) is 0.0513. The van der Waals surface area contributed by atoms with Gasteiger partial charge in [0.15, 0.2) is 11.6 Å². The van der Waals surface area contributed by atoms with E-state index >= 15 is 0 Å². The lowest BCUT2D eigenvalue weighted by Gasteiger charge is -2.09. The number of pyridine rings is 1. The lowest BCUT2D eigenvalue weighted by molar-refractivity contribution is 0.941. The van der Waals surface area contributed by atoms with E-state index in [2.05, 4.69) is 113 Å². The molecular weight excluding hydrogens is 552 g/mol. The lowest BCUT2D eigenvalue weighted by atomic mass is 10.0. The highest BCUT2D eigenvalue weighted by Crippen LogP contribution is 2.31. The van der Waals surface area contributed by atoms with Gasteiger partial charge in [-0.2, -0.15) is 0 Å². The molecule has 0 fully saturated rings. The minimum absolute atomic E-state index is 0.536. The molecule has 6 heteroatoms. The highest BCUT2D eigenvalue weighted by molar-refractivity contribution is 6.10. The van der Waals surface area contributed by atoms with E-state index in [0.29, 0.717) is 29.6 Å². The van der Waals surface area contributed by atoms with E-state index in [1.165, 1.54) is 21.8 Å². The summed E-state index contributed by atoms with van der Waals surface area (Å²) in [4.78, 5) is 22.4. The zero-order chi connectivity index (χ0) is 31.0. The van der Waals surface area contributed by atoms with Crippen molar-refractivity contribution in [2.45, 2.75) is 13.3 Å². The second-order valence-corrected chi connectivity index (χ2v) is 10.4. The van der Waals surface area contributed by atoms with Crippen LogP contribution in [0.4, 0.5) is 0 Å². The molecular formula is C39H32N6. The van der Waals surface area contributed by atoms with E-state index in [1.54, 1.807) is 12.4 Å². The first-order chi connectivity index (χ1) is 22.2. The van der Waals surface area contributed by atoms with E-state index < -0.39 is 0 Å². The molecule has 0 spiro atoms. The molecule has 0 N–H and O–H groups in total. The van der Waals surface area contributed by atoms with Crippen molar-refractivity contribution in [3.63, 3.8) is 0 Å². The van der Waals surface area contributed by atoms with Crippen LogP contribution in [-0.2, 0) is 6.42 Å². The normalized spacial score (nSPS) is 12.5. The summed E-state index contributed by atoms with van der Waals surface area (Å²) in [6.45, 7) is 9.69. The molecule has 3 aromatic heterocycles. The molecule has 0 aliphatic carbocycles. The van der Waals surface area contributed by atoms with Gasteiger partial charge in [-0.25, -0.2) is 15.0 Å². The van der Waals surface area contributed by atoms with E-state index in [0.717, 1.165) is 22.4 Å². The van der Waals surface area contributed by atoms with Crippen molar-refractivity contribution >= 4 is 39.8 Å². The zero-order valence-corrected chi connectivity index (χ0v) is 25.1. The number of nitrogens with zero attached hydrogens (tertiary/aromatic N) is 6. The smallest absolute Gasteiger partial charge is 0.182 e. The van der Waals surface area contributed by atoms with Gasteiger partial charge in [0.25, 0.3) is 0 Å². The fourth-order valence-corrected chi connectivity index (χ4v) is 5.29. The minimum Gasteiger partial charge on any atom is -0.313 e. The van der Waals surface area contributed by atoms with Gasteiger partial charge < -0.3 is 4.57 Å². The minimum atomic E-state index is 0.536. The van der Waals surface area contributed by atoms with Crippen LogP contribution in [0.2, 0.25) is 0 Å². The van der Waals surface area contributed by atoms with Crippen molar-refractivity contribution < 1.29 is 0 Å². The fourth-order valence-electron chi connectivity index (χ4n) is 5.29. The first kappa shape index (κ1) is 29.1. The molecule has 0 radical (unpaired) electrons. The summed E-state index contributed by atoms with van der Waals surface area (Å²) in [6.07, 6.45) is 15.7. The molecule has 0 saturated carbocycles.